The molecule has 9 heteroatoms. The molecule has 0 unspecified atom stereocenters. The van der Waals surface area contributed by atoms with Gasteiger partial charge in [0.05, 0.1) is 19.8 Å². The number of carbonyl (C=O) groups is 1. The lowest BCUT2D eigenvalue weighted by atomic mass is 9.65. The van der Waals surface area contributed by atoms with Gasteiger partial charge in [0, 0.05) is 24.0 Å². The van der Waals surface area contributed by atoms with Crippen LogP contribution < -0.4 is 20.1 Å². The Morgan fingerprint density at radius 1 is 1.09 bits per heavy atom. The van der Waals surface area contributed by atoms with Crippen LogP contribution in [0.2, 0.25) is 0 Å². The second kappa shape index (κ2) is 9.97. The Morgan fingerprint density at radius 3 is 2.46 bits per heavy atom. The van der Waals surface area contributed by atoms with Gasteiger partial charge in [-0.1, -0.05) is 18.2 Å². The molecule has 1 aliphatic carbocycles. The Balaban J connectivity index is 1.38. The Morgan fingerprint density at radius 2 is 1.80 bits per heavy atom. The number of benzene rings is 2. The van der Waals surface area contributed by atoms with Gasteiger partial charge in [0.1, 0.15) is 0 Å². The Labute approximate surface area is 203 Å². The van der Waals surface area contributed by atoms with Gasteiger partial charge in [-0.3, -0.25) is 0 Å². The molecule has 2 aromatic rings. The fourth-order valence-corrected chi connectivity index (χ4v) is 5.62. The van der Waals surface area contributed by atoms with Gasteiger partial charge < -0.3 is 25.0 Å². The van der Waals surface area contributed by atoms with Crippen LogP contribution in [0.25, 0.3) is 0 Å². The molecule has 0 bridgehead atoms. The van der Waals surface area contributed by atoms with Crippen molar-refractivity contribution in [2.45, 2.75) is 55.9 Å². The lowest BCUT2D eigenvalue weighted by Crippen LogP contribution is -2.53. The number of nitrogens with one attached hydrogen (secondary N) is 2. The minimum absolute atomic E-state index is 0.0107. The fourth-order valence-electron chi connectivity index (χ4n) is 5.62. The maximum atomic E-state index is 12.7. The van der Waals surface area contributed by atoms with Crippen LogP contribution in [0.4, 0.5) is 18.0 Å². The van der Waals surface area contributed by atoms with Gasteiger partial charge in [-0.2, -0.15) is 13.2 Å². The highest BCUT2D eigenvalue weighted by Crippen LogP contribution is 2.49. The minimum atomic E-state index is -4.37. The van der Waals surface area contributed by atoms with E-state index in [1.165, 1.54) is 17.7 Å². The molecule has 1 saturated carbocycles. The molecule has 0 aromatic heterocycles. The monoisotopic (exact) mass is 491 g/mol. The van der Waals surface area contributed by atoms with Crippen molar-refractivity contribution < 1.29 is 27.4 Å². The van der Waals surface area contributed by atoms with Gasteiger partial charge in [-0.05, 0) is 74.7 Å². The molecule has 2 fully saturated rings. The zero-order chi connectivity index (χ0) is 25.2. The molecule has 0 spiro atoms. The molecule has 2 aliphatic rings. The molecule has 6 nitrogen and oxygen atoms in total. The van der Waals surface area contributed by atoms with Crippen molar-refractivity contribution in [1.82, 2.24) is 15.5 Å². The van der Waals surface area contributed by atoms with Crippen molar-refractivity contribution in [1.29, 1.82) is 0 Å². The van der Waals surface area contributed by atoms with E-state index in [9.17, 15) is 18.0 Å². The number of ether oxygens (including phenoxy) is 2. The molecule has 1 heterocycles. The zero-order valence-electron chi connectivity index (χ0n) is 20.2. The number of nitrogens with zero attached hydrogens (tertiary/aromatic N) is 1. The number of urea groups is 1. The van der Waals surface area contributed by atoms with Crippen molar-refractivity contribution in [3.63, 3.8) is 0 Å². The summed E-state index contributed by atoms with van der Waals surface area (Å²) in [5.74, 6) is 1.42. The largest absolute Gasteiger partial charge is 0.493 e. The number of carbonyl (C=O) groups excluding carboxylic acids is 1. The lowest BCUT2D eigenvalue weighted by Gasteiger charge is -2.45. The number of likely N-dealkylation sites (tertiary alicyclic amines) is 1. The smallest absolute Gasteiger partial charge is 0.416 e. The molecule has 3 atom stereocenters. The Hall–Kier alpha value is -2.94. The third kappa shape index (κ3) is 5.19. The number of halogens is 3. The molecule has 190 valence electrons. The highest BCUT2D eigenvalue weighted by molar-refractivity contribution is 5.74. The first-order valence-corrected chi connectivity index (χ1v) is 11.8. The van der Waals surface area contributed by atoms with Crippen molar-refractivity contribution in [2.24, 2.45) is 0 Å². The van der Waals surface area contributed by atoms with Crippen LogP contribution in [-0.2, 0) is 18.1 Å². The molecule has 1 saturated heterocycles. The van der Waals surface area contributed by atoms with E-state index in [4.69, 9.17) is 9.47 Å². The second-order valence-electron chi connectivity index (χ2n) is 9.47. The maximum Gasteiger partial charge on any atom is 0.416 e. The summed E-state index contributed by atoms with van der Waals surface area (Å²) < 4.78 is 49.1. The topological polar surface area (TPSA) is 62.8 Å². The van der Waals surface area contributed by atoms with Crippen molar-refractivity contribution in [2.75, 3.05) is 27.8 Å². The van der Waals surface area contributed by atoms with Crippen LogP contribution in [0.3, 0.4) is 0 Å². The molecule has 1 aliphatic heterocycles. The van der Waals surface area contributed by atoms with Gasteiger partial charge in [0.25, 0.3) is 0 Å². The number of likely N-dealkylation sites (N-methyl/N-ethyl adjacent to an activating group) is 1. The van der Waals surface area contributed by atoms with Gasteiger partial charge in [-0.15, -0.1) is 0 Å². The lowest BCUT2D eigenvalue weighted by molar-refractivity contribution is -0.137. The highest BCUT2D eigenvalue weighted by Gasteiger charge is 2.50. The molecule has 35 heavy (non-hydrogen) atoms. The number of methoxy groups -OCH3 is 2. The van der Waals surface area contributed by atoms with Crippen LogP contribution >= 0.6 is 0 Å². The molecular weight excluding hydrogens is 459 g/mol. The highest BCUT2D eigenvalue weighted by atomic mass is 19.4. The summed E-state index contributed by atoms with van der Waals surface area (Å²) in [6.07, 6.45) is -0.743. The predicted molar refractivity (Wildman–Crippen MR) is 127 cm³/mol. The quantitative estimate of drug-likeness (QED) is 0.614. The number of hydrogen-bond acceptors (Lipinski definition) is 4. The third-order valence-corrected chi connectivity index (χ3v) is 7.56. The molecule has 2 N–H and O–H groups in total. The standard InChI is InChI=1S/C26H32F3N3O3/c1-32-13-12-25(19-8-9-21(34-2)22(14-19)35-3)11-10-20(15-23(25)32)31-24(33)30-16-17-4-6-18(7-5-17)26(27,28)29/h4-9,14,20,23H,10-13,15-16H2,1-3H3,(H2,30,31,33)/t20-,23+,25-/m0/s1. The summed E-state index contributed by atoms with van der Waals surface area (Å²) in [7, 11) is 5.39. The Bertz CT molecular complexity index is 1040. The number of rotatable bonds is 6. The number of alkyl halides is 3. The molecule has 4 rings (SSSR count). The number of hydrogen-bond donors (Lipinski definition) is 2. The summed E-state index contributed by atoms with van der Waals surface area (Å²) in [4.78, 5) is 14.9. The van der Waals surface area contributed by atoms with E-state index in [1.54, 1.807) is 14.2 Å². The first-order valence-electron chi connectivity index (χ1n) is 11.8. The van der Waals surface area contributed by atoms with Crippen LogP contribution in [0.15, 0.2) is 42.5 Å². The fraction of sp³-hybridized carbons (Fsp3) is 0.500. The van der Waals surface area contributed by atoms with E-state index >= 15 is 0 Å². The summed E-state index contributed by atoms with van der Waals surface area (Å²) in [5, 5.41) is 5.83. The molecule has 2 amide bonds. The first kappa shape index (κ1) is 25.2. The summed E-state index contributed by atoms with van der Waals surface area (Å²) in [5.41, 5.74) is 1.13. The Kier molecular flexibility index (Phi) is 7.17. The van der Waals surface area contributed by atoms with Gasteiger partial charge in [0.2, 0.25) is 0 Å². The maximum absolute atomic E-state index is 12.7. The van der Waals surface area contributed by atoms with E-state index in [2.05, 4.69) is 34.7 Å². The summed E-state index contributed by atoms with van der Waals surface area (Å²) in [6.45, 7) is 1.14. The van der Waals surface area contributed by atoms with Crippen LogP contribution in [0, 0.1) is 0 Å². The first-order chi connectivity index (χ1) is 16.7. The SMILES string of the molecule is COc1ccc([C@@]23CC[C@H](NC(=O)NCc4ccc(C(F)(F)F)cc4)C[C@H]2N(C)CC3)cc1OC. The molecular formula is C26H32F3N3O3. The molecule has 2 aromatic carbocycles. The zero-order valence-corrected chi connectivity index (χ0v) is 20.2. The van der Waals surface area contributed by atoms with Crippen LogP contribution in [0.1, 0.15) is 42.4 Å². The third-order valence-electron chi connectivity index (χ3n) is 7.56. The number of amides is 2. The summed E-state index contributed by atoms with van der Waals surface area (Å²) in [6, 6.07) is 11.0. The van der Waals surface area contributed by atoms with Gasteiger partial charge >= 0.3 is 12.2 Å². The van der Waals surface area contributed by atoms with Gasteiger partial charge in [0.15, 0.2) is 11.5 Å². The van der Waals surface area contributed by atoms with Gasteiger partial charge in [-0.25, -0.2) is 4.79 Å². The summed E-state index contributed by atoms with van der Waals surface area (Å²) >= 11 is 0. The van der Waals surface area contributed by atoms with Crippen molar-refractivity contribution in [3.8, 4) is 11.5 Å². The van der Waals surface area contributed by atoms with Crippen molar-refractivity contribution in [3.05, 3.63) is 59.2 Å². The second-order valence-corrected chi connectivity index (χ2v) is 9.47. The van der Waals surface area contributed by atoms with E-state index in [0.29, 0.717) is 11.3 Å². The normalized spacial score (nSPS) is 24.5. The van der Waals surface area contributed by atoms with Crippen molar-refractivity contribution >= 4 is 6.03 Å². The van der Waals surface area contributed by atoms with Crippen LogP contribution in [-0.4, -0.2) is 50.8 Å². The van der Waals surface area contributed by atoms with Crippen LogP contribution in [0.5, 0.6) is 11.5 Å². The predicted octanol–water partition coefficient (Wildman–Crippen LogP) is 4.72. The van der Waals surface area contributed by atoms with E-state index < -0.39 is 11.7 Å². The average molecular weight is 492 g/mol. The number of fused-ring (bicyclic) bond motifs is 1. The van der Waals surface area contributed by atoms with E-state index in [-0.39, 0.29) is 30.1 Å². The molecule has 0 radical (unpaired) electrons. The average Bonchev–Trinajstić information content (AvgIpc) is 3.19. The van der Waals surface area contributed by atoms with E-state index in [1.807, 2.05) is 6.07 Å². The van der Waals surface area contributed by atoms with E-state index in [0.717, 1.165) is 50.1 Å². The minimum Gasteiger partial charge on any atom is -0.493 e.